The van der Waals surface area contributed by atoms with Gasteiger partial charge in [0.1, 0.15) is 5.76 Å². The summed E-state index contributed by atoms with van der Waals surface area (Å²) in [5.41, 5.74) is 0.773. The number of amides is 1. The van der Waals surface area contributed by atoms with Crippen LogP contribution in [0.4, 0.5) is 5.69 Å². The summed E-state index contributed by atoms with van der Waals surface area (Å²) in [4.78, 5) is 24.8. The third-order valence-electron chi connectivity index (χ3n) is 4.46. The van der Waals surface area contributed by atoms with Crippen LogP contribution in [-0.4, -0.2) is 35.4 Å². The van der Waals surface area contributed by atoms with Crippen LogP contribution in [0.15, 0.2) is 47.1 Å². The Morgan fingerprint density at radius 3 is 2.56 bits per heavy atom. The van der Waals surface area contributed by atoms with Gasteiger partial charge in [0.05, 0.1) is 23.6 Å². The van der Waals surface area contributed by atoms with Gasteiger partial charge in [-0.1, -0.05) is 12.1 Å². The molecule has 1 aromatic carbocycles. The number of hydrogen-bond donors (Lipinski definition) is 1. The van der Waals surface area contributed by atoms with Gasteiger partial charge >= 0.3 is 0 Å². The summed E-state index contributed by atoms with van der Waals surface area (Å²) in [6.07, 6.45) is 4.17. The Bertz CT molecular complexity index is 706. The normalized spacial score (nSPS) is 15.8. The zero-order valence-corrected chi connectivity index (χ0v) is 13.9. The van der Waals surface area contributed by atoms with Gasteiger partial charge in [0.2, 0.25) is 5.91 Å². The van der Waals surface area contributed by atoms with Crippen LogP contribution in [0.1, 0.15) is 30.2 Å². The Morgan fingerprint density at radius 2 is 1.96 bits per heavy atom. The molecule has 7 nitrogen and oxygen atoms in total. The SMILES string of the molecule is O=C(Cc1ccc([N+](=O)[O-])cc1)NCC(c1ccco1)N1CCCC1. The van der Waals surface area contributed by atoms with Gasteiger partial charge in [-0.2, -0.15) is 0 Å². The Labute approximate surface area is 145 Å². The summed E-state index contributed by atoms with van der Waals surface area (Å²) in [7, 11) is 0. The fourth-order valence-corrected chi connectivity index (χ4v) is 3.14. The van der Waals surface area contributed by atoms with E-state index in [1.165, 1.54) is 12.1 Å². The number of hydrogen-bond acceptors (Lipinski definition) is 5. The summed E-state index contributed by atoms with van der Waals surface area (Å²) in [6, 6.07) is 9.89. The minimum atomic E-state index is -0.451. The highest BCUT2D eigenvalue weighted by molar-refractivity contribution is 5.78. The fraction of sp³-hybridized carbons (Fsp3) is 0.389. The van der Waals surface area contributed by atoms with Gasteiger partial charge in [-0.25, -0.2) is 0 Å². The van der Waals surface area contributed by atoms with Crippen LogP contribution in [0, 0.1) is 10.1 Å². The van der Waals surface area contributed by atoms with E-state index >= 15 is 0 Å². The zero-order valence-electron chi connectivity index (χ0n) is 13.9. The molecule has 1 N–H and O–H groups in total. The van der Waals surface area contributed by atoms with E-state index in [4.69, 9.17) is 4.42 Å². The molecule has 7 heteroatoms. The molecular weight excluding hydrogens is 322 g/mol. The van der Waals surface area contributed by atoms with Crippen LogP contribution >= 0.6 is 0 Å². The van der Waals surface area contributed by atoms with E-state index in [-0.39, 0.29) is 24.1 Å². The highest BCUT2D eigenvalue weighted by atomic mass is 16.6. The summed E-state index contributed by atoms with van der Waals surface area (Å²) in [5, 5.41) is 13.6. The summed E-state index contributed by atoms with van der Waals surface area (Å²) in [5.74, 6) is 0.752. The molecule has 25 heavy (non-hydrogen) atoms. The number of rotatable bonds is 7. The molecule has 2 heterocycles. The van der Waals surface area contributed by atoms with Crippen molar-refractivity contribution in [2.24, 2.45) is 0 Å². The van der Waals surface area contributed by atoms with Crippen molar-refractivity contribution < 1.29 is 14.1 Å². The number of non-ortho nitro benzene ring substituents is 1. The molecule has 1 fully saturated rings. The lowest BCUT2D eigenvalue weighted by molar-refractivity contribution is -0.384. The maximum absolute atomic E-state index is 12.2. The Morgan fingerprint density at radius 1 is 1.24 bits per heavy atom. The number of benzene rings is 1. The number of nitro benzene ring substituents is 1. The molecule has 1 aliphatic heterocycles. The molecule has 0 aliphatic carbocycles. The predicted octanol–water partition coefficient (Wildman–Crippen LogP) is 2.68. The lowest BCUT2D eigenvalue weighted by atomic mass is 10.1. The average molecular weight is 343 g/mol. The number of nitrogens with zero attached hydrogens (tertiary/aromatic N) is 2. The molecule has 1 saturated heterocycles. The largest absolute Gasteiger partial charge is 0.468 e. The maximum atomic E-state index is 12.2. The number of nitro groups is 1. The Kier molecular flexibility index (Phi) is 5.45. The van der Waals surface area contributed by atoms with Gasteiger partial charge in [0.25, 0.3) is 5.69 Å². The minimum Gasteiger partial charge on any atom is -0.468 e. The number of carbonyl (C=O) groups is 1. The molecule has 0 spiro atoms. The smallest absolute Gasteiger partial charge is 0.269 e. The van der Waals surface area contributed by atoms with Crippen molar-refractivity contribution in [3.63, 3.8) is 0 Å². The summed E-state index contributed by atoms with van der Waals surface area (Å²) < 4.78 is 5.54. The van der Waals surface area contributed by atoms with Crippen LogP contribution in [-0.2, 0) is 11.2 Å². The van der Waals surface area contributed by atoms with Crippen LogP contribution in [0.25, 0.3) is 0 Å². The average Bonchev–Trinajstić information content (AvgIpc) is 3.29. The van der Waals surface area contributed by atoms with E-state index in [0.717, 1.165) is 37.3 Å². The molecule has 0 bridgehead atoms. The molecule has 3 rings (SSSR count). The van der Waals surface area contributed by atoms with Gasteiger partial charge < -0.3 is 9.73 Å². The van der Waals surface area contributed by atoms with Crippen LogP contribution in [0.2, 0.25) is 0 Å². The van der Waals surface area contributed by atoms with Gasteiger partial charge in [-0.3, -0.25) is 19.8 Å². The van der Waals surface area contributed by atoms with E-state index < -0.39 is 4.92 Å². The quantitative estimate of drug-likeness (QED) is 0.617. The van der Waals surface area contributed by atoms with E-state index in [9.17, 15) is 14.9 Å². The molecule has 132 valence electrons. The highest BCUT2D eigenvalue weighted by Crippen LogP contribution is 2.24. The van der Waals surface area contributed by atoms with Crippen LogP contribution in [0.3, 0.4) is 0 Å². The van der Waals surface area contributed by atoms with Gasteiger partial charge in [-0.05, 0) is 43.6 Å². The summed E-state index contributed by atoms with van der Waals surface area (Å²) >= 11 is 0. The molecule has 1 atom stereocenters. The van der Waals surface area contributed by atoms with Crippen molar-refractivity contribution in [1.82, 2.24) is 10.2 Å². The summed E-state index contributed by atoms with van der Waals surface area (Å²) in [6.45, 7) is 2.49. The molecule has 1 amide bonds. The third-order valence-corrected chi connectivity index (χ3v) is 4.46. The second kappa shape index (κ2) is 7.94. The highest BCUT2D eigenvalue weighted by Gasteiger charge is 2.25. The zero-order chi connectivity index (χ0) is 17.6. The van der Waals surface area contributed by atoms with E-state index in [1.54, 1.807) is 18.4 Å². The lowest BCUT2D eigenvalue weighted by Crippen LogP contribution is -2.37. The van der Waals surface area contributed by atoms with Crippen molar-refractivity contribution in [2.75, 3.05) is 19.6 Å². The lowest BCUT2D eigenvalue weighted by Gasteiger charge is -2.26. The Hall–Kier alpha value is -2.67. The molecule has 1 aromatic heterocycles. The van der Waals surface area contributed by atoms with E-state index in [2.05, 4.69) is 10.2 Å². The molecule has 2 aromatic rings. The standard InChI is InChI=1S/C18H21N3O4/c22-18(12-14-5-7-15(8-6-14)21(23)24)19-13-16(17-4-3-11-25-17)20-9-1-2-10-20/h3-8,11,16H,1-2,9-10,12-13H2,(H,19,22). The Balaban J connectivity index is 1.57. The van der Waals surface area contributed by atoms with Crippen molar-refractivity contribution in [2.45, 2.75) is 25.3 Å². The van der Waals surface area contributed by atoms with Crippen molar-refractivity contribution in [3.8, 4) is 0 Å². The van der Waals surface area contributed by atoms with Gasteiger partial charge in [-0.15, -0.1) is 0 Å². The first-order valence-corrected chi connectivity index (χ1v) is 8.41. The molecule has 0 saturated carbocycles. The second-order valence-corrected chi connectivity index (χ2v) is 6.18. The third kappa shape index (κ3) is 4.45. The topological polar surface area (TPSA) is 88.6 Å². The molecule has 0 radical (unpaired) electrons. The maximum Gasteiger partial charge on any atom is 0.269 e. The number of nitrogens with one attached hydrogen (secondary N) is 1. The van der Waals surface area contributed by atoms with Gasteiger partial charge in [0.15, 0.2) is 0 Å². The monoisotopic (exact) mass is 343 g/mol. The molecule has 1 unspecified atom stereocenters. The number of carbonyl (C=O) groups excluding carboxylic acids is 1. The molecular formula is C18H21N3O4. The molecule has 1 aliphatic rings. The fourth-order valence-electron chi connectivity index (χ4n) is 3.14. The minimum absolute atomic E-state index is 0.0241. The van der Waals surface area contributed by atoms with Crippen molar-refractivity contribution >= 4 is 11.6 Å². The second-order valence-electron chi connectivity index (χ2n) is 6.18. The van der Waals surface area contributed by atoms with Crippen LogP contribution in [0.5, 0.6) is 0 Å². The first-order valence-electron chi connectivity index (χ1n) is 8.41. The van der Waals surface area contributed by atoms with Gasteiger partial charge in [0, 0.05) is 18.7 Å². The van der Waals surface area contributed by atoms with Crippen molar-refractivity contribution in [1.29, 1.82) is 0 Å². The van der Waals surface area contributed by atoms with Crippen molar-refractivity contribution in [3.05, 3.63) is 64.1 Å². The first kappa shape index (κ1) is 17.2. The van der Waals surface area contributed by atoms with Crippen LogP contribution < -0.4 is 5.32 Å². The number of likely N-dealkylation sites (tertiary alicyclic amines) is 1. The predicted molar refractivity (Wildman–Crippen MR) is 92.1 cm³/mol. The number of furan rings is 1. The van der Waals surface area contributed by atoms with E-state index in [0.29, 0.717) is 6.54 Å². The van der Waals surface area contributed by atoms with E-state index in [1.807, 2.05) is 12.1 Å². The first-order chi connectivity index (χ1) is 12.1.